The van der Waals surface area contributed by atoms with E-state index in [1.807, 2.05) is 71.5 Å². The molecule has 0 saturated heterocycles. The van der Waals surface area contributed by atoms with Crippen LogP contribution in [-0.2, 0) is 13.1 Å². The van der Waals surface area contributed by atoms with Gasteiger partial charge < -0.3 is 5.32 Å². The molecule has 1 amide bonds. The zero-order valence-electron chi connectivity index (χ0n) is 16.0. The number of pyridine rings is 1. The van der Waals surface area contributed by atoms with Crippen molar-refractivity contribution < 1.29 is 4.79 Å². The highest BCUT2D eigenvalue weighted by Gasteiger charge is 2.13. The molecule has 0 radical (unpaired) electrons. The third-order valence-corrected chi connectivity index (χ3v) is 5.99. The van der Waals surface area contributed by atoms with Crippen LogP contribution in [0.2, 0.25) is 0 Å². The van der Waals surface area contributed by atoms with Crippen LogP contribution in [0.4, 0.5) is 0 Å². The van der Waals surface area contributed by atoms with E-state index in [2.05, 4.69) is 37.4 Å². The SMILES string of the molecule is O=C(NCc1ccccc1Cn1cccn1)c1ccccc1Sc1ccc(Br)cn1. The number of nitrogens with zero attached hydrogens (tertiary/aromatic N) is 3. The summed E-state index contributed by atoms with van der Waals surface area (Å²) in [6.45, 7) is 1.12. The Balaban J connectivity index is 1.47. The van der Waals surface area contributed by atoms with Crippen LogP contribution in [0, 0.1) is 0 Å². The number of amides is 1. The van der Waals surface area contributed by atoms with Gasteiger partial charge in [0.05, 0.1) is 12.1 Å². The number of halogens is 1. The van der Waals surface area contributed by atoms with Crippen molar-refractivity contribution in [1.82, 2.24) is 20.1 Å². The maximum Gasteiger partial charge on any atom is 0.252 e. The van der Waals surface area contributed by atoms with Crippen LogP contribution in [0.15, 0.2) is 99.7 Å². The Labute approximate surface area is 187 Å². The quantitative estimate of drug-likeness (QED) is 0.397. The highest BCUT2D eigenvalue weighted by atomic mass is 79.9. The van der Waals surface area contributed by atoms with Gasteiger partial charge in [-0.3, -0.25) is 9.48 Å². The van der Waals surface area contributed by atoms with Gasteiger partial charge in [0.1, 0.15) is 5.03 Å². The summed E-state index contributed by atoms with van der Waals surface area (Å²) in [6, 6.07) is 21.4. The van der Waals surface area contributed by atoms with Gasteiger partial charge in [0.25, 0.3) is 5.91 Å². The molecule has 0 aliphatic rings. The molecule has 0 fully saturated rings. The van der Waals surface area contributed by atoms with E-state index >= 15 is 0 Å². The number of benzene rings is 2. The van der Waals surface area contributed by atoms with Gasteiger partial charge in [0.15, 0.2) is 0 Å². The summed E-state index contributed by atoms with van der Waals surface area (Å²) < 4.78 is 2.80. The number of hydrogen-bond acceptors (Lipinski definition) is 4. The Morgan fingerprint density at radius 1 is 1.00 bits per heavy atom. The highest BCUT2D eigenvalue weighted by Crippen LogP contribution is 2.29. The van der Waals surface area contributed by atoms with E-state index in [-0.39, 0.29) is 5.91 Å². The lowest BCUT2D eigenvalue weighted by Crippen LogP contribution is -2.24. The fourth-order valence-corrected chi connectivity index (χ4v) is 4.12. The molecule has 2 aromatic heterocycles. The minimum Gasteiger partial charge on any atom is -0.348 e. The van der Waals surface area contributed by atoms with Crippen LogP contribution in [-0.4, -0.2) is 20.7 Å². The standard InChI is InChI=1S/C23H19BrN4OS/c24-19-10-11-22(25-15-19)30-21-9-4-3-8-20(21)23(29)26-14-17-6-1-2-7-18(17)16-28-13-5-12-27-28/h1-13,15H,14,16H2,(H,26,29). The van der Waals surface area contributed by atoms with Crippen LogP contribution < -0.4 is 5.32 Å². The molecule has 150 valence electrons. The average Bonchev–Trinajstić information content (AvgIpc) is 3.28. The van der Waals surface area contributed by atoms with Gasteiger partial charge in [0.2, 0.25) is 0 Å². The topological polar surface area (TPSA) is 59.8 Å². The van der Waals surface area contributed by atoms with Crippen molar-refractivity contribution in [1.29, 1.82) is 0 Å². The normalized spacial score (nSPS) is 10.7. The second kappa shape index (κ2) is 9.73. The van der Waals surface area contributed by atoms with Gasteiger partial charge in [-0.25, -0.2) is 4.98 Å². The molecule has 0 saturated carbocycles. The maximum atomic E-state index is 12.9. The summed E-state index contributed by atoms with van der Waals surface area (Å²) in [6.07, 6.45) is 5.44. The van der Waals surface area contributed by atoms with Gasteiger partial charge >= 0.3 is 0 Å². The number of nitrogens with one attached hydrogen (secondary N) is 1. The monoisotopic (exact) mass is 478 g/mol. The first kappa shape index (κ1) is 20.4. The number of hydrogen-bond donors (Lipinski definition) is 1. The predicted molar refractivity (Wildman–Crippen MR) is 121 cm³/mol. The average molecular weight is 479 g/mol. The molecule has 0 aliphatic carbocycles. The minimum atomic E-state index is -0.107. The predicted octanol–water partition coefficient (Wildman–Crippen LogP) is 5.17. The van der Waals surface area contributed by atoms with Gasteiger partial charge in [-0.15, -0.1) is 0 Å². The van der Waals surface area contributed by atoms with Crippen LogP contribution in [0.5, 0.6) is 0 Å². The van der Waals surface area contributed by atoms with E-state index in [4.69, 9.17) is 0 Å². The second-order valence-electron chi connectivity index (χ2n) is 6.57. The first-order valence-electron chi connectivity index (χ1n) is 9.40. The molecule has 0 aliphatic heterocycles. The summed E-state index contributed by atoms with van der Waals surface area (Å²) >= 11 is 4.87. The number of carbonyl (C=O) groups is 1. The van der Waals surface area contributed by atoms with E-state index in [1.54, 1.807) is 12.4 Å². The zero-order valence-corrected chi connectivity index (χ0v) is 18.4. The molecule has 4 rings (SSSR count). The number of carbonyl (C=O) groups excluding carboxylic acids is 1. The summed E-state index contributed by atoms with van der Waals surface area (Å²) in [7, 11) is 0. The molecule has 5 nitrogen and oxygen atoms in total. The maximum absolute atomic E-state index is 12.9. The van der Waals surface area contributed by atoms with Crippen molar-refractivity contribution in [2.75, 3.05) is 0 Å². The number of aromatic nitrogens is 3. The molecule has 4 aromatic rings. The largest absolute Gasteiger partial charge is 0.348 e. The smallest absolute Gasteiger partial charge is 0.252 e. The first-order valence-corrected chi connectivity index (χ1v) is 11.0. The van der Waals surface area contributed by atoms with Crippen LogP contribution in [0.25, 0.3) is 0 Å². The van der Waals surface area contributed by atoms with Crippen molar-refractivity contribution in [3.8, 4) is 0 Å². The molecule has 0 unspecified atom stereocenters. The van der Waals surface area contributed by atoms with Crippen LogP contribution in [0.1, 0.15) is 21.5 Å². The molecule has 7 heteroatoms. The fraction of sp³-hybridized carbons (Fsp3) is 0.0870. The molecule has 0 atom stereocenters. The first-order chi connectivity index (χ1) is 14.7. The van der Waals surface area contributed by atoms with Crippen LogP contribution >= 0.6 is 27.7 Å². The van der Waals surface area contributed by atoms with E-state index in [0.29, 0.717) is 18.7 Å². The Morgan fingerprint density at radius 2 is 1.80 bits per heavy atom. The zero-order chi connectivity index (χ0) is 20.8. The highest BCUT2D eigenvalue weighted by molar-refractivity contribution is 9.10. The molecule has 0 bridgehead atoms. The Kier molecular flexibility index (Phi) is 6.61. The van der Waals surface area contributed by atoms with E-state index in [9.17, 15) is 4.79 Å². The van der Waals surface area contributed by atoms with Crippen molar-refractivity contribution in [3.63, 3.8) is 0 Å². The summed E-state index contributed by atoms with van der Waals surface area (Å²) in [5.41, 5.74) is 2.83. The summed E-state index contributed by atoms with van der Waals surface area (Å²) in [4.78, 5) is 18.2. The van der Waals surface area contributed by atoms with Gasteiger partial charge in [0, 0.05) is 34.5 Å². The lowest BCUT2D eigenvalue weighted by atomic mass is 10.1. The van der Waals surface area contributed by atoms with Gasteiger partial charge in [-0.2, -0.15) is 5.10 Å². The van der Waals surface area contributed by atoms with Crippen LogP contribution in [0.3, 0.4) is 0 Å². The second-order valence-corrected chi connectivity index (χ2v) is 8.55. The lowest BCUT2D eigenvalue weighted by Gasteiger charge is -2.12. The molecule has 2 heterocycles. The molecular weight excluding hydrogens is 460 g/mol. The molecule has 30 heavy (non-hydrogen) atoms. The van der Waals surface area contributed by atoms with E-state index in [1.165, 1.54) is 11.8 Å². The Morgan fingerprint density at radius 3 is 2.57 bits per heavy atom. The van der Waals surface area contributed by atoms with E-state index < -0.39 is 0 Å². The molecule has 2 aromatic carbocycles. The van der Waals surface area contributed by atoms with Crippen molar-refractivity contribution >= 4 is 33.6 Å². The molecule has 1 N–H and O–H groups in total. The summed E-state index contributed by atoms with van der Waals surface area (Å²) in [5.74, 6) is -0.107. The third kappa shape index (κ3) is 5.17. The molecular formula is C23H19BrN4OS. The fourth-order valence-electron chi connectivity index (χ4n) is 3.00. The number of rotatable bonds is 7. The van der Waals surface area contributed by atoms with Crippen molar-refractivity contribution in [2.24, 2.45) is 0 Å². The molecule has 0 spiro atoms. The summed E-state index contributed by atoms with van der Waals surface area (Å²) in [5, 5.41) is 8.17. The third-order valence-electron chi connectivity index (χ3n) is 4.50. The van der Waals surface area contributed by atoms with Crippen molar-refractivity contribution in [2.45, 2.75) is 23.0 Å². The Hall–Kier alpha value is -2.90. The Bertz CT molecular complexity index is 1130. The lowest BCUT2D eigenvalue weighted by molar-refractivity contribution is 0.0948. The van der Waals surface area contributed by atoms with Crippen molar-refractivity contribution in [3.05, 3.63) is 106 Å². The van der Waals surface area contributed by atoms with Gasteiger partial charge in [-0.1, -0.05) is 48.2 Å². The minimum absolute atomic E-state index is 0.107. The van der Waals surface area contributed by atoms with Gasteiger partial charge in [-0.05, 0) is 57.4 Å². The van der Waals surface area contributed by atoms with E-state index in [0.717, 1.165) is 25.5 Å².